The Hall–Kier alpha value is -1.57. The largest absolute Gasteiger partial charge is 0.353 e. The lowest BCUT2D eigenvalue weighted by Gasteiger charge is -2.26. The summed E-state index contributed by atoms with van der Waals surface area (Å²) in [5, 5.41) is 6.86. The minimum atomic E-state index is -0.120. The van der Waals surface area contributed by atoms with Gasteiger partial charge in [0.1, 0.15) is 0 Å². The fraction of sp³-hybridized carbons (Fsp3) is 0.765. The molecule has 2 aliphatic heterocycles. The number of hydrogen-bond donors (Lipinski definition) is 2. The van der Waals surface area contributed by atoms with E-state index in [0.717, 1.165) is 11.6 Å². The molecule has 2 heterocycles. The molecule has 1 saturated carbocycles. The van der Waals surface area contributed by atoms with E-state index in [1.165, 1.54) is 25.7 Å². The van der Waals surface area contributed by atoms with Crippen LogP contribution in [-0.4, -0.2) is 58.7 Å². The van der Waals surface area contributed by atoms with Gasteiger partial charge >= 0.3 is 0 Å². The first-order valence-corrected chi connectivity index (χ1v) is 10.1. The van der Waals surface area contributed by atoms with Crippen LogP contribution in [0.15, 0.2) is 4.99 Å². The zero-order valence-corrected chi connectivity index (χ0v) is 15.3. The number of piperazine rings is 1. The minimum Gasteiger partial charge on any atom is -0.353 e. The van der Waals surface area contributed by atoms with E-state index in [2.05, 4.69) is 15.6 Å². The van der Waals surface area contributed by atoms with Crippen molar-refractivity contribution in [3.05, 3.63) is 0 Å². The van der Waals surface area contributed by atoms with Crippen LogP contribution < -0.4 is 10.6 Å². The highest BCUT2D eigenvalue weighted by Crippen LogP contribution is 2.35. The molecule has 1 saturated heterocycles. The number of thioether (sulfide) groups is 1. The standard InChI is InChI=1S/C17H26N4O3S/c22-14(7-4-8-16(24)21-10-9-18-15(23)11-21)20-17-19-12-5-2-1-3-6-13(12)25-17/h12-13H,1-11H2,(H,18,23)(H,19,20,22)/t12-,13+/m0/s1. The Morgan fingerprint density at radius 1 is 1.24 bits per heavy atom. The summed E-state index contributed by atoms with van der Waals surface area (Å²) in [6, 6.07) is 0.356. The molecule has 138 valence electrons. The smallest absolute Gasteiger partial charge is 0.239 e. The van der Waals surface area contributed by atoms with Crippen LogP contribution in [0, 0.1) is 0 Å². The number of hydrogen-bond acceptors (Lipinski definition) is 5. The predicted octanol–water partition coefficient (Wildman–Crippen LogP) is 1.04. The molecule has 2 N–H and O–H groups in total. The minimum absolute atomic E-state index is 0.0579. The number of fused-ring (bicyclic) bond motifs is 1. The van der Waals surface area contributed by atoms with E-state index in [0.29, 0.717) is 43.6 Å². The molecule has 2 atom stereocenters. The molecule has 1 aliphatic carbocycles. The van der Waals surface area contributed by atoms with Gasteiger partial charge in [0, 0.05) is 31.2 Å². The highest BCUT2D eigenvalue weighted by Gasteiger charge is 2.31. The van der Waals surface area contributed by atoms with Crippen molar-refractivity contribution in [3.63, 3.8) is 0 Å². The Balaban J connectivity index is 1.36. The van der Waals surface area contributed by atoms with E-state index in [1.807, 2.05) is 0 Å². The molecule has 0 unspecified atom stereocenters. The summed E-state index contributed by atoms with van der Waals surface area (Å²) in [6.45, 7) is 1.18. The summed E-state index contributed by atoms with van der Waals surface area (Å²) in [5.74, 6) is -0.254. The maximum Gasteiger partial charge on any atom is 0.239 e. The molecular weight excluding hydrogens is 340 g/mol. The molecule has 0 spiro atoms. The summed E-state index contributed by atoms with van der Waals surface area (Å²) in [6.07, 6.45) is 7.16. The van der Waals surface area contributed by atoms with Crippen LogP contribution in [0.2, 0.25) is 0 Å². The molecule has 0 aromatic carbocycles. The number of nitrogens with one attached hydrogen (secondary N) is 2. The average Bonchev–Trinajstić information content (AvgIpc) is 2.83. The van der Waals surface area contributed by atoms with Crippen molar-refractivity contribution in [2.45, 2.75) is 62.7 Å². The van der Waals surface area contributed by atoms with Crippen LogP contribution in [0.3, 0.4) is 0 Å². The van der Waals surface area contributed by atoms with Gasteiger partial charge in [-0.2, -0.15) is 0 Å². The molecule has 8 heteroatoms. The first-order valence-electron chi connectivity index (χ1n) is 9.20. The molecule has 7 nitrogen and oxygen atoms in total. The van der Waals surface area contributed by atoms with Gasteiger partial charge in [0.2, 0.25) is 17.7 Å². The lowest BCUT2D eigenvalue weighted by molar-refractivity contribution is -0.138. The van der Waals surface area contributed by atoms with Crippen molar-refractivity contribution in [1.29, 1.82) is 0 Å². The molecule has 25 heavy (non-hydrogen) atoms. The number of carbonyl (C=O) groups is 3. The molecule has 0 aromatic rings. The second kappa shape index (κ2) is 8.69. The van der Waals surface area contributed by atoms with E-state index < -0.39 is 0 Å². The van der Waals surface area contributed by atoms with Gasteiger partial charge in [-0.3, -0.25) is 19.4 Å². The highest BCUT2D eigenvalue weighted by atomic mass is 32.2. The number of carbonyl (C=O) groups excluding carboxylic acids is 3. The van der Waals surface area contributed by atoms with Gasteiger partial charge in [-0.05, 0) is 19.3 Å². The van der Waals surface area contributed by atoms with Gasteiger partial charge in [-0.1, -0.05) is 31.0 Å². The topological polar surface area (TPSA) is 90.9 Å². The fourth-order valence-electron chi connectivity index (χ4n) is 3.52. The van der Waals surface area contributed by atoms with Gasteiger partial charge < -0.3 is 15.5 Å². The molecule has 0 radical (unpaired) electrons. The highest BCUT2D eigenvalue weighted by molar-refractivity contribution is 8.14. The van der Waals surface area contributed by atoms with Crippen molar-refractivity contribution in [3.8, 4) is 0 Å². The van der Waals surface area contributed by atoms with Gasteiger partial charge in [0.25, 0.3) is 0 Å². The SMILES string of the molecule is O=C1CN(C(=O)CCCC(=O)NC2=N[C@H]3CCCCC[C@H]3S2)CCN1. The van der Waals surface area contributed by atoms with E-state index >= 15 is 0 Å². The summed E-state index contributed by atoms with van der Waals surface area (Å²) < 4.78 is 0. The Morgan fingerprint density at radius 3 is 2.92 bits per heavy atom. The van der Waals surface area contributed by atoms with Gasteiger partial charge in [0.05, 0.1) is 12.6 Å². The monoisotopic (exact) mass is 366 g/mol. The number of amidine groups is 1. The van der Waals surface area contributed by atoms with E-state index in [-0.39, 0.29) is 24.3 Å². The van der Waals surface area contributed by atoms with Crippen LogP contribution in [-0.2, 0) is 14.4 Å². The lowest BCUT2D eigenvalue weighted by atomic mass is 10.1. The van der Waals surface area contributed by atoms with Crippen LogP contribution in [0.4, 0.5) is 0 Å². The first-order chi connectivity index (χ1) is 12.1. The molecule has 0 bridgehead atoms. The van der Waals surface area contributed by atoms with Crippen molar-refractivity contribution in [1.82, 2.24) is 15.5 Å². The molecule has 3 rings (SSSR count). The van der Waals surface area contributed by atoms with Gasteiger partial charge in [-0.15, -0.1) is 0 Å². The number of amides is 3. The van der Waals surface area contributed by atoms with Crippen molar-refractivity contribution in [2.24, 2.45) is 4.99 Å². The first kappa shape index (κ1) is 18.2. The Labute approximate surface area is 152 Å². The second-order valence-corrected chi connectivity index (χ2v) is 8.09. The number of rotatable bonds is 4. The van der Waals surface area contributed by atoms with Gasteiger partial charge in [0.15, 0.2) is 5.17 Å². The van der Waals surface area contributed by atoms with Crippen LogP contribution in [0.5, 0.6) is 0 Å². The Bertz CT molecular complexity index is 566. The average molecular weight is 366 g/mol. The quantitative estimate of drug-likeness (QED) is 0.778. The summed E-state index contributed by atoms with van der Waals surface area (Å²) in [5.41, 5.74) is 0. The Morgan fingerprint density at radius 2 is 2.08 bits per heavy atom. The maximum atomic E-state index is 12.1. The van der Waals surface area contributed by atoms with Crippen molar-refractivity contribution < 1.29 is 14.4 Å². The van der Waals surface area contributed by atoms with Crippen molar-refractivity contribution in [2.75, 3.05) is 19.6 Å². The summed E-state index contributed by atoms with van der Waals surface area (Å²) in [7, 11) is 0. The maximum absolute atomic E-state index is 12.1. The molecule has 3 amide bonds. The van der Waals surface area contributed by atoms with Crippen LogP contribution in [0.1, 0.15) is 51.4 Å². The van der Waals surface area contributed by atoms with Crippen molar-refractivity contribution >= 4 is 34.7 Å². The Kier molecular flexibility index (Phi) is 6.34. The fourth-order valence-corrected chi connectivity index (χ4v) is 4.81. The third-order valence-corrected chi connectivity index (χ3v) is 6.18. The van der Waals surface area contributed by atoms with E-state index in [9.17, 15) is 14.4 Å². The van der Waals surface area contributed by atoms with Crippen LogP contribution in [0.25, 0.3) is 0 Å². The normalized spacial score (nSPS) is 26.3. The summed E-state index contributed by atoms with van der Waals surface area (Å²) >= 11 is 1.70. The molecule has 3 aliphatic rings. The van der Waals surface area contributed by atoms with Gasteiger partial charge in [-0.25, -0.2) is 0 Å². The summed E-state index contributed by atoms with van der Waals surface area (Å²) in [4.78, 5) is 41.7. The second-order valence-electron chi connectivity index (χ2n) is 6.86. The van der Waals surface area contributed by atoms with Crippen LogP contribution >= 0.6 is 11.8 Å². The third-order valence-electron chi connectivity index (χ3n) is 4.90. The molecule has 2 fully saturated rings. The van der Waals surface area contributed by atoms with E-state index in [1.54, 1.807) is 16.7 Å². The predicted molar refractivity (Wildman–Crippen MR) is 97.3 cm³/mol. The molecular formula is C17H26N4O3S. The zero-order valence-electron chi connectivity index (χ0n) is 14.5. The molecule has 0 aromatic heterocycles. The number of aliphatic imine (C=N–C) groups is 1. The number of nitrogens with zero attached hydrogens (tertiary/aromatic N) is 2. The lowest BCUT2D eigenvalue weighted by Crippen LogP contribution is -2.49. The third kappa shape index (κ3) is 5.20. The van der Waals surface area contributed by atoms with E-state index in [4.69, 9.17) is 0 Å². The zero-order chi connectivity index (χ0) is 17.6.